The van der Waals surface area contributed by atoms with E-state index in [-0.39, 0.29) is 17.1 Å². The molecule has 0 aliphatic rings. The second-order valence-electron chi connectivity index (χ2n) is 4.71. The van der Waals surface area contributed by atoms with Gasteiger partial charge in [0.25, 0.3) is 5.69 Å². The Morgan fingerprint density at radius 2 is 1.91 bits per heavy atom. The SMILES string of the molecule is Cc1ccc([N+](=O)[O-])cc1NS(=O)(=O)Cc1ccccc1Cl. The molecule has 0 spiro atoms. The van der Waals surface area contributed by atoms with Crippen molar-refractivity contribution in [3.63, 3.8) is 0 Å². The molecule has 0 saturated carbocycles. The van der Waals surface area contributed by atoms with E-state index < -0.39 is 14.9 Å². The highest BCUT2D eigenvalue weighted by molar-refractivity contribution is 7.91. The Hall–Kier alpha value is -2.12. The van der Waals surface area contributed by atoms with Crippen LogP contribution in [-0.4, -0.2) is 13.3 Å². The number of hydrogen-bond acceptors (Lipinski definition) is 4. The Morgan fingerprint density at radius 3 is 2.55 bits per heavy atom. The van der Waals surface area contributed by atoms with Gasteiger partial charge in [-0.1, -0.05) is 35.9 Å². The Labute approximate surface area is 132 Å². The lowest BCUT2D eigenvalue weighted by Crippen LogP contribution is -2.16. The number of anilines is 1. The largest absolute Gasteiger partial charge is 0.283 e. The standard InChI is InChI=1S/C14H13ClN2O4S/c1-10-6-7-12(17(18)19)8-14(10)16-22(20,21)9-11-4-2-3-5-13(11)15/h2-8,16H,9H2,1H3. The van der Waals surface area contributed by atoms with Crippen LogP contribution in [0.5, 0.6) is 0 Å². The van der Waals surface area contributed by atoms with E-state index >= 15 is 0 Å². The van der Waals surface area contributed by atoms with Crippen molar-refractivity contribution in [1.29, 1.82) is 0 Å². The van der Waals surface area contributed by atoms with Gasteiger partial charge in [-0.05, 0) is 24.1 Å². The number of nitro groups is 1. The topological polar surface area (TPSA) is 89.3 Å². The summed E-state index contributed by atoms with van der Waals surface area (Å²) in [6.45, 7) is 1.66. The van der Waals surface area contributed by atoms with Crippen LogP contribution in [0.2, 0.25) is 5.02 Å². The molecular weight excluding hydrogens is 328 g/mol. The molecule has 0 aromatic heterocycles. The van der Waals surface area contributed by atoms with E-state index in [9.17, 15) is 18.5 Å². The number of nitrogens with one attached hydrogen (secondary N) is 1. The van der Waals surface area contributed by atoms with Crippen molar-refractivity contribution >= 4 is 33.0 Å². The second kappa shape index (κ2) is 6.33. The first kappa shape index (κ1) is 16.3. The molecule has 2 aromatic carbocycles. The van der Waals surface area contributed by atoms with Crippen LogP contribution in [0.3, 0.4) is 0 Å². The van der Waals surface area contributed by atoms with Crippen molar-refractivity contribution in [2.24, 2.45) is 0 Å². The molecule has 6 nitrogen and oxygen atoms in total. The van der Waals surface area contributed by atoms with Gasteiger partial charge in [-0.3, -0.25) is 14.8 Å². The summed E-state index contributed by atoms with van der Waals surface area (Å²) in [5, 5.41) is 11.1. The molecule has 2 aromatic rings. The van der Waals surface area contributed by atoms with Gasteiger partial charge in [-0.2, -0.15) is 0 Å². The molecular formula is C14H13ClN2O4S. The molecule has 0 radical (unpaired) electrons. The Morgan fingerprint density at radius 1 is 1.23 bits per heavy atom. The lowest BCUT2D eigenvalue weighted by molar-refractivity contribution is -0.384. The van der Waals surface area contributed by atoms with Crippen LogP contribution in [0.1, 0.15) is 11.1 Å². The molecule has 0 aliphatic carbocycles. The van der Waals surface area contributed by atoms with Gasteiger partial charge < -0.3 is 0 Å². The molecule has 116 valence electrons. The molecule has 22 heavy (non-hydrogen) atoms. The van der Waals surface area contributed by atoms with Crippen LogP contribution >= 0.6 is 11.6 Å². The fourth-order valence-electron chi connectivity index (χ4n) is 1.86. The summed E-state index contributed by atoms with van der Waals surface area (Å²) in [6, 6.07) is 10.6. The van der Waals surface area contributed by atoms with Crippen molar-refractivity contribution in [3.8, 4) is 0 Å². The maximum absolute atomic E-state index is 12.2. The minimum absolute atomic E-state index is 0.180. The summed E-state index contributed by atoms with van der Waals surface area (Å²) in [7, 11) is -3.73. The number of sulfonamides is 1. The number of nitrogens with zero attached hydrogens (tertiary/aromatic N) is 1. The molecule has 2 rings (SSSR count). The monoisotopic (exact) mass is 340 g/mol. The maximum atomic E-state index is 12.2. The van der Waals surface area contributed by atoms with Crippen LogP contribution in [0.4, 0.5) is 11.4 Å². The average molecular weight is 341 g/mol. The van der Waals surface area contributed by atoms with Gasteiger partial charge in [-0.15, -0.1) is 0 Å². The van der Waals surface area contributed by atoms with Crippen molar-refractivity contribution in [1.82, 2.24) is 0 Å². The molecule has 0 bridgehead atoms. The minimum Gasteiger partial charge on any atom is -0.283 e. The molecule has 8 heteroatoms. The molecule has 0 saturated heterocycles. The summed E-state index contributed by atoms with van der Waals surface area (Å²) in [5.74, 6) is -0.311. The molecule has 1 N–H and O–H groups in total. The number of rotatable bonds is 5. The summed E-state index contributed by atoms with van der Waals surface area (Å²) in [4.78, 5) is 10.2. The van der Waals surface area contributed by atoms with E-state index in [1.165, 1.54) is 18.2 Å². The van der Waals surface area contributed by atoms with E-state index in [0.717, 1.165) is 0 Å². The molecule has 0 unspecified atom stereocenters. The summed E-state index contributed by atoms with van der Waals surface area (Å²) >= 11 is 5.95. The van der Waals surface area contributed by atoms with E-state index in [4.69, 9.17) is 11.6 Å². The minimum atomic E-state index is -3.73. The van der Waals surface area contributed by atoms with Gasteiger partial charge in [-0.25, -0.2) is 8.42 Å². The van der Waals surface area contributed by atoms with Crippen LogP contribution in [0.25, 0.3) is 0 Å². The lowest BCUT2D eigenvalue weighted by atomic mass is 10.2. The van der Waals surface area contributed by atoms with Gasteiger partial charge in [0, 0.05) is 17.2 Å². The molecule has 0 fully saturated rings. The third-order valence-corrected chi connectivity index (χ3v) is 4.59. The molecule has 0 atom stereocenters. The summed E-state index contributed by atoms with van der Waals surface area (Å²) < 4.78 is 26.8. The first-order chi connectivity index (χ1) is 10.3. The Balaban J connectivity index is 2.27. The zero-order valence-corrected chi connectivity index (χ0v) is 13.2. The van der Waals surface area contributed by atoms with E-state index in [0.29, 0.717) is 16.1 Å². The van der Waals surface area contributed by atoms with Crippen LogP contribution in [-0.2, 0) is 15.8 Å². The predicted octanol–water partition coefficient (Wildman–Crippen LogP) is 3.50. The van der Waals surface area contributed by atoms with E-state index in [1.807, 2.05) is 0 Å². The molecule has 0 amide bonds. The van der Waals surface area contributed by atoms with Gasteiger partial charge in [0.05, 0.1) is 16.4 Å². The first-order valence-corrected chi connectivity index (χ1v) is 8.30. The third kappa shape index (κ3) is 3.96. The number of hydrogen-bond donors (Lipinski definition) is 1. The zero-order chi connectivity index (χ0) is 16.3. The summed E-state index contributed by atoms with van der Waals surface area (Å²) in [6.07, 6.45) is 0. The predicted molar refractivity (Wildman–Crippen MR) is 85.5 cm³/mol. The van der Waals surface area contributed by atoms with Gasteiger partial charge in [0.1, 0.15) is 0 Å². The van der Waals surface area contributed by atoms with Gasteiger partial charge >= 0.3 is 0 Å². The molecule has 0 aliphatic heterocycles. The quantitative estimate of drug-likeness (QED) is 0.666. The highest BCUT2D eigenvalue weighted by Gasteiger charge is 2.17. The maximum Gasteiger partial charge on any atom is 0.271 e. The van der Waals surface area contributed by atoms with Crippen molar-refractivity contribution in [2.75, 3.05) is 4.72 Å². The van der Waals surface area contributed by atoms with Crippen molar-refractivity contribution < 1.29 is 13.3 Å². The Bertz CT molecular complexity index is 821. The van der Waals surface area contributed by atoms with Crippen LogP contribution < -0.4 is 4.72 Å². The lowest BCUT2D eigenvalue weighted by Gasteiger charge is -2.11. The second-order valence-corrected chi connectivity index (χ2v) is 6.84. The van der Waals surface area contributed by atoms with Gasteiger partial charge in [0.2, 0.25) is 10.0 Å². The van der Waals surface area contributed by atoms with Crippen LogP contribution in [0, 0.1) is 17.0 Å². The smallest absolute Gasteiger partial charge is 0.271 e. The van der Waals surface area contributed by atoms with E-state index in [2.05, 4.69) is 4.72 Å². The highest BCUT2D eigenvalue weighted by atomic mass is 35.5. The zero-order valence-electron chi connectivity index (χ0n) is 11.6. The number of nitro benzene ring substituents is 1. The van der Waals surface area contributed by atoms with Crippen molar-refractivity contribution in [3.05, 3.63) is 68.7 Å². The fourth-order valence-corrected chi connectivity index (χ4v) is 3.43. The third-order valence-electron chi connectivity index (χ3n) is 3.00. The normalized spacial score (nSPS) is 11.2. The average Bonchev–Trinajstić information content (AvgIpc) is 2.43. The Kier molecular flexibility index (Phi) is 4.68. The molecule has 0 heterocycles. The van der Waals surface area contributed by atoms with Crippen molar-refractivity contribution in [2.45, 2.75) is 12.7 Å². The number of aryl methyl sites for hydroxylation is 1. The fraction of sp³-hybridized carbons (Fsp3) is 0.143. The highest BCUT2D eigenvalue weighted by Crippen LogP contribution is 2.24. The summed E-state index contributed by atoms with van der Waals surface area (Å²) in [5.41, 5.74) is 1.05. The van der Waals surface area contributed by atoms with Gasteiger partial charge in [0.15, 0.2) is 0 Å². The number of non-ortho nitro benzene ring substituents is 1. The van der Waals surface area contributed by atoms with Crippen LogP contribution in [0.15, 0.2) is 42.5 Å². The number of benzene rings is 2. The number of halogens is 1. The first-order valence-electron chi connectivity index (χ1n) is 6.27. The van der Waals surface area contributed by atoms with E-state index in [1.54, 1.807) is 31.2 Å².